The number of halogens is 1. The van der Waals surface area contributed by atoms with Crippen molar-refractivity contribution in [2.24, 2.45) is 17.8 Å². The van der Waals surface area contributed by atoms with Gasteiger partial charge in [0.05, 0.1) is 5.69 Å². The average molecular weight is 666 g/mol. The lowest BCUT2D eigenvalue weighted by molar-refractivity contribution is -0.147. The summed E-state index contributed by atoms with van der Waals surface area (Å²) in [6.45, 7) is 6.94. The number of anilines is 1. The molecule has 2 bridgehead atoms. The molecule has 260 valence electrons. The van der Waals surface area contributed by atoms with Gasteiger partial charge in [-0.15, -0.1) is 0 Å². The number of aromatic nitrogens is 2. The van der Waals surface area contributed by atoms with Gasteiger partial charge in [0.1, 0.15) is 29.7 Å². The van der Waals surface area contributed by atoms with Crippen LogP contribution >= 0.6 is 0 Å². The van der Waals surface area contributed by atoms with Crippen LogP contribution in [0.3, 0.4) is 0 Å². The maximum atomic E-state index is 15.8. The number of rotatable bonds is 14. The minimum Gasteiger partial charge on any atom is -0.372 e. The van der Waals surface area contributed by atoms with Crippen molar-refractivity contribution in [3.63, 3.8) is 0 Å². The molecule has 1 aromatic carbocycles. The predicted molar refractivity (Wildman–Crippen MR) is 176 cm³/mol. The third-order valence-electron chi connectivity index (χ3n) is 11.0. The van der Waals surface area contributed by atoms with Gasteiger partial charge in [-0.2, -0.15) is 5.10 Å². The second-order valence-electron chi connectivity index (χ2n) is 14.1. The van der Waals surface area contributed by atoms with E-state index in [-0.39, 0.29) is 23.4 Å². The van der Waals surface area contributed by atoms with Gasteiger partial charge in [-0.25, -0.2) is 4.39 Å². The van der Waals surface area contributed by atoms with E-state index in [1.165, 1.54) is 19.2 Å². The van der Waals surface area contributed by atoms with Crippen LogP contribution in [0, 0.1) is 23.6 Å². The lowest BCUT2D eigenvalue weighted by atomic mass is 9.86. The molecule has 2 saturated carbocycles. The second-order valence-corrected chi connectivity index (χ2v) is 14.1. The summed E-state index contributed by atoms with van der Waals surface area (Å²) in [7, 11) is 3.48. The number of nitrogens with one attached hydrogen (secondary N) is 3. The van der Waals surface area contributed by atoms with Crippen molar-refractivity contribution in [3.8, 4) is 0 Å². The van der Waals surface area contributed by atoms with E-state index in [9.17, 15) is 19.2 Å². The number of carbonyl (C=O) groups is 4. The van der Waals surface area contributed by atoms with Crippen molar-refractivity contribution < 1.29 is 28.3 Å². The smallest absolute Gasteiger partial charge is 0.270 e. The van der Waals surface area contributed by atoms with E-state index in [2.05, 4.69) is 33.0 Å². The van der Waals surface area contributed by atoms with Crippen LogP contribution < -0.4 is 16.0 Å². The van der Waals surface area contributed by atoms with Crippen LogP contribution in [0.2, 0.25) is 0 Å². The highest BCUT2D eigenvalue weighted by Gasteiger charge is 2.49. The number of aryl methyl sites for hydroxylation is 1. The zero-order valence-corrected chi connectivity index (χ0v) is 28.4. The third kappa shape index (κ3) is 6.98. The van der Waals surface area contributed by atoms with E-state index in [1.807, 2.05) is 6.92 Å². The van der Waals surface area contributed by atoms with Crippen LogP contribution in [0.4, 0.5) is 10.1 Å². The number of amides is 4. The lowest BCUT2D eigenvalue weighted by Gasteiger charge is -2.55. The van der Waals surface area contributed by atoms with Gasteiger partial charge in [0.15, 0.2) is 0 Å². The topological polar surface area (TPSA) is 138 Å². The average Bonchev–Trinajstić information content (AvgIpc) is 4.05. The highest BCUT2D eigenvalue weighted by Crippen LogP contribution is 2.51. The van der Waals surface area contributed by atoms with Crippen molar-refractivity contribution in [1.82, 2.24) is 30.2 Å². The molecule has 12 nitrogen and oxygen atoms in total. The number of piperazine rings is 1. The Labute approximate surface area is 281 Å². The Morgan fingerprint density at radius 3 is 2.21 bits per heavy atom. The zero-order valence-electron chi connectivity index (χ0n) is 28.4. The van der Waals surface area contributed by atoms with Crippen molar-refractivity contribution in [2.45, 2.75) is 95.6 Å². The van der Waals surface area contributed by atoms with Gasteiger partial charge in [0.25, 0.3) is 5.91 Å². The molecule has 0 radical (unpaired) electrons. The summed E-state index contributed by atoms with van der Waals surface area (Å²) in [6.07, 6.45) is 5.84. The van der Waals surface area contributed by atoms with E-state index in [4.69, 9.17) is 4.74 Å². The van der Waals surface area contributed by atoms with E-state index in [1.54, 1.807) is 41.8 Å². The van der Waals surface area contributed by atoms with Crippen molar-refractivity contribution in [3.05, 3.63) is 47.5 Å². The van der Waals surface area contributed by atoms with Crippen LogP contribution in [-0.2, 0) is 25.7 Å². The molecule has 5 aliphatic rings. The molecule has 0 spiro atoms. The highest BCUT2D eigenvalue weighted by atomic mass is 19.1. The fraction of sp³-hybridized carbons (Fsp3) is 0.629. The fourth-order valence-electron chi connectivity index (χ4n) is 7.49. The molecule has 13 heteroatoms. The quantitative estimate of drug-likeness (QED) is 0.282. The third-order valence-corrected chi connectivity index (χ3v) is 11.0. The summed E-state index contributed by atoms with van der Waals surface area (Å²) in [5, 5.41) is 12.8. The number of hydrogen-bond acceptors (Lipinski definition) is 7. The van der Waals surface area contributed by atoms with E-state index >= 15 is 4.39 Å². The first-order valence-corrected chi connectivity index (χ1v) is 17.3. The Morgan fingerprint density at radius 1 is 0.979 bits per heavy atom. The number of hydrogen-bond donors (Lipinski definition) is 3. The number of carbonyl (C=O) groups excluding carboxylic acids is 4. The van der Waals surface area contributed by atoms with Gasteiger partial charge in [-0.05, 0) is 94.5 Å². The van der Waals surface area contributed by atoms with Gasteiger partial charge >= 0.3 is 0 Å². The molecule has 5 fully saturated rings. The molecule has 48 heavy (non-hydrogen) atoms. The highest BCUT2D eigenvalue weighted by molar-refractivity contribution is 6.01. The molecule has 3 aliphatic heterocycles. The number of methoxy groups -OCH3 is 1. The monoisotopic (exact) mass is 665 g/mol. The summed E-state index contributed by atoms with van der Waals surface area (Å²) in [4.78, 5) is 58.0. The number of fused-ring (bicyclic) bond motifs is 2. The summed E-state index contributed by atoms with van der Waals surface area (Å²) < 4.78 is 22.6. The van der Waals surface area contributed by atoms with Gasteiger partial charge in [0, 0.05) is 50.9 Å². The van der Waals surface area contributed by atoms with Crippen molar-refractivity contribution in [2.75, 3.05) is 32.6 Å². The second kappa shape index (κ2) is 13.9. The molecular weight excluding hydrogens is 617 g/mol. The number of likely N-dealkylation sites (N-methyl/N-ethyl adjacent to an activating group) is 1. The predicted octanol–water partition coefficient (Wildman–Crippen LogP) is 2.75. The Bertz CT molecular complexity index is 1520. The summed E-state index contributed by atoms with van der Waals surface area (Å²) in [5.74, 6) is -2.08. The van der Waals surface area contributed by atoms with Gasteiger partial charge in [0.2, 0.25) is 17.7 Å². The van der Waals surface area contributed by atoms with Gasteiger partial charge in [-0.3, -0.25) is 28.8 Å². The molecule has 3 N–H and O–H groups in total. The van der Waals surface area contributed by atoms with Crippen LogP contribution in [-0.4, -0.2) is 101 Å². The van der Waals surface area contributed by atoms with Gasteiger partial charge in [-0.1, -0.05) is 13.0 Å². The number of benzene rings is 1. The molecule has 2 aromatic rings. The molecule has 4 heterocycles. The number of piperidine rings is 1. The maximum absolute atomic E-state index is 15.8. The summed E-state index contributed by atoms with van der Waals surface area (Å²) in [5.41, 5.74) is 0.855. The Morgan fingerprint density at radius 2 is 1.65 bits per heavy atom. The molecule has 7 rings (SSSR count). The minimum atomic E-state index is -0.938. The van der Waals surface area contributed by atoms with Crippen molar-refractivity contribution >= 4 is 29.3 Å². The lowest BCUT2D eigenvalue weighted by Crippen LogP contribution is -2.69. The van der Waals surface area contributed by atoms with Crippen molar-refractivity contribution in [1.29, 1.82) is 0 Å². The summed E-state index contributed by atoms with van der Waals surface area (Å²) in [6, 6.07) is 4.90. The normalized spacial score (nSPS) is 23.1. The van der Waals surface area contributed by atoms with E-state index in [0.717, 1.165) is 32.1 Å². The SMILES string of the molecule is CCn1nccc1C(=O)N[C@H](C(=O)Nc1ccc([C@H](C)[C@@H](NC(=O)[C@H](C)OC)C(=O)N2C[C@H]3C[C@@H](C2)N3C)cc1F)C(C1CC1)C1CC1. The van der Waals surface area contributed by atoms with Crippen LogP contribution in [0.1, 0.15) is 74.8 Å². The Kier molecular flexibility index (Phi) is 9.89. The molecule has 0 unspecified atom stereocenters. The largest absolute Gasteiger partial charge is 0.372 e. The Balaban J connectivity index is 1.20. The maximum Gasteiger partial charge on any atom is 0.270 e. The molecule has 4 amide bonds. The molecule has 3 saturated heterocycles. The van der Waals surface area contributed by atoms with Crippen LogP contribution in [0.5, 0.6) is 0 Å². The van der Waals surface area contributed by atoms with Gasteiger partial charge < -0.3 is 25.6 Å². The first kappa shape index (κ1) is 34.0. The molecule has 1 aromatic heterocycles. The fourth-order valence-corrected chi connectivity index (χ4v) is 7.49. The first-order valence-electron chi connectivity index (χ1n) is 17.3. The van der Waals surface area contributed by atoms with Crippen LogP contribution in [0.25, 0.3) is 0 Å². The number of ether oxygens (including phenoxy) is 1. The molecule has 2 aliphatic carbocycles. The molecule has 6 atom stereocenters. The Hall–Kier alpha value is -3.84. The standard InChI is InChI=1S/C35H48FN7O5/c1-6-43-28(13-14-37-43)33(45)40-31(29(21-7-8-21)22-9-10-22)34(46)38-27-12-11-23(15-26(27)36)19(2)30(39-32(44)20(3)48-5)35(47)42-17-24-16-25(18-42)41(24)4/h11-15,19-22,24-25,29-31H,6-10,16-18H2,1-5H3,(H,38,46)(H,39,44)(H,40,45)/t19-,20-,24-,25+,30+,31-/m0/s1. The van der Waals surface area contributed by atoms with E-state index < -0.39 is 41.7 Å². The zero-order chi connectivity index (χ0) is 34.3. The summed E-state index contributed by atoms with van der Waals surface area (Å²) >= 11 is 0. The molecular formula is C35H48FN7O5. The minimum absolute atomic E-state index is 0.0155. The van der Waals surface area contributed by atoms with Crippen LogP contribution in [0.15, 0.2) is 30.5 Å². The number of nitrogens with zero attached hydrogens (tertiary/aromatic N) is 4. The first-order chi connectivity index (χ1) is 23.0. The van der Waals surface area contributed by atoms with E-state index in [0.29, 0.717) is 54.8 Å².